The number of thioether (sulfide) groups is 1. The first kappa shape index (κ1) is 58.8. The summed E-state index contributed by atoms with van der Waals surface area (Å²) in [7, 11) is -16.4. The maximum Gasteiger partial charge on any atom is 0.481 e. The zero-order chi connectivity index (χ0) is 50.0. The maximum atomic E-state index is 12.7. The molecule has 29 heteroatoms. The smallest absolute Gasteiger partial charge is 0.392 e. The highest BCUT2D eigenvalue weighted by molar-refractivity contribution is 8.13. The average Bonchev–Trinajstić information content (AvgIpc) is 3.81. The van der Waals surface area contributed by atoms with Crippen LogP contribution in [0.4, 0.5) is 5.82 Å². The van der Waals surface area contributed by atoms with Crippen LogP contribution in [0.5, 0.6) is 0 Å². The third-order valence-electron chi connectivity index (χ3n) is 10.8. The Morgan fingerprint density at radius 2 is 1.52 bits per heavy atom. The number of nitrogens with two attached hydrogens (primary N) is 1. The summed E-state index contributed by atoms with van der Waals surface area (Å²) < 4.78 is 62.4. The van der Waals surface area contributed by atoms with Crippen molar-refractivity contribution < 1.29 is 85.6 Å². The molecule has 11 N–H and O–H groups in total. The number of phosphoric ester groups is 3. The molecule has 0 aliphatic carbocycles. The van der Waals surface area contributed by atoms with Crippen LogP contribution in [-0.4, -0.2) is 134 Å². The zero-order valence-electron chi connectivity index (χ0n) is 38.2. The van der Waals surface area contributed by atoms with E-state index in [4.69, 9.17) is 19.5 Å². The van der Waals surface area contributed by atoms with E-state index in [0.717, 1.165) is 48.2 Å². The Morgan fingerprint density at radius 1 is 0.910 bits per heavy atom. The molecule has 2 amide bonds. The van der Waals surface area contributed by atoms with E-state index in [2.05, 4.69) is 41.3 Å². The highest BCUT2D eigenvalue weighted by Gasteiger charge is 2.50. The first-order valence-corrected chi connectivity index (χ1v) is 27.6. The second-order valence-electron chi connectivity index (χ2n) is 16.9. The van der Waals surface area contributed by atoms with Gasteiger partial charge in [-0.3, -0.25) is 32.5 Å². The summed E-state index contributed by atoms with van der Waals surface area (Å²) in [6.07, 6.45) is 5.92. The van der Waals surface area contributed by atoms with Crippen LogP contribution in [0.1, 0.15) is 117 Å². The largest absolute Gasteiger partial charge is 0.481 e. The van der Waals surface area contributed by atoms with Crippen LogP contribution in [0.3, 0.4) is 0 Å². The first-order chi connectivity index (χ1) is 31.4. The van der Waals surface area contributed by atoms with E-state index in [0.29, 0.717) is 6.42 Å². The van der Waals surface area contributed by atoms with E-state index in [9.17, 15) is 63.0 Å². The Kier molecular flexibility index (Phi) is 24.4. The average molecular weight is 1040 g/mol. The number of nitrogens with zero attached hydrogens (tertiary/aromatic N) is 4. The van der Waals surface area contributed by atoms with Crippen LogP contribution in [0.25, 0.3) is 11.2 Å². The molecule has 1 fully saturated rings. The van der Waals surface area contributed by atoms with Crippen LogP contribution in [-0.2, 0) is 50.7 Å². The molecule has 0 spiro atoms. The SMILES string of the molecule is CCCCCCCCCCCCC[C@H](O)[C@H](C)C(=O)SCCNC(=O)CCNC(=O)[C@H](O)C(C)(C)COP(=O)(O)OP(=O)(O)OC[C@H]1O[C@@H](n2cnc3c(N)ncnc32)[C@H](O)[C@@H]1OP(=O)(O)O. The molecule has 0 radical (unpaired) electrons. The summed E-state index contributed by atoms with van der Waals surface area (Å²) in [5.41, 5.74) is 4.25. The molecular weight excluding hydrogens is 967 g/mol. The number of aromatic nitrogens is 4. The van der Waals surface area contributed by atoms with E-state index in [1.807, 2.05) is 0 Å². The number of amides is 2. The predicted molar refractivity (Wildman–Crippen MR) is 243 cm³/mol. The number of rotatable bonds is 33. The molecule has 2 aromatic heterocycles. The molecule has 3 heterocycles. The summed E-state index contributed by atoms with van der Waals surface area (Å²) in [5.74, 6) is -1.78. The normalized spacial score (nSPS) is 21.1. The zero-order valence-corrected chi connectivity index (χ0v) is 41.7. The minimum Gasteiger partial charge on any atom is -0.392 e. The topological polar surface area (TPSA) is 384 Å². The van der Waals surface area contributed by atoms with Crippen LogP contribution in [0, 0.1) is 11.3 Å². The molecule has 1 aliphatic heterocycles. The molecule has 25 nitrogen and oxygen atoms in total. The van der Waals surface area contributed by atoms with Crippen molar-refractivity contribution in [2.75, 3.05) is 37.8 Å². The van der Waals surface area contributed by atoms with Gasteiger partial charge >= 0.3 is 23.5 Å². The second kappa shape index (κ2) is 27.8. The molecule has 384 valence electrons. The lowest BCUT2D eigenvalue weighted by molar-refractivity contribution is -0.137. The molecule has 67 heavy (non-hydrogen) atoms. The Morgan fingerprint density at radius 3 is 2.15 bits per heavy atom. The lowest BCUT2D eigenvalue weighted by Gasteiger charge is -2.30. The number of ether oxygens (including phenoxy) is 1. The minimum absolute atomic E-state index is 0.0278. The molecule has 2 aromatic rings. The molecule has 2 unspecified atom stereocenters. The number of fused-ring (bicyclic) bond motifs is 1. The number of aliphatic hydroxyl groups is 3. The van der Waals surface area contributed by atoms with Gasteiger partial charge in [-0.05, 0) is 6.42 Å². The molecule has 0 aromatic carbocycles. The number of aliphatic hydroxyl groups excluding tert-OH is 3. The molecule has 9 atom stereocenters. The van der Waals surface area contributed by atoms with Gasteiger partial charge in [0.25, 0.3) is 0 Å². The molecule has 1 aliphatic rings. The van der Waals surface area contributed by atoms with E-state index < -0.39 is 96.6 Å². The van der Waals surface area contributed by atoms with Gasteiger partial charge in [0.1, 0.15) is 36.3 Å². The maximum absolute atomic E-state index is 12.7. The van der Waals surface area contributed by atoms with Gasteiger partial charge in [0, 0.05) is 30.7 Å². The highest BCUT2D eigenvalue weighted by atomic mass is 32.2. The van der Waals surface area contributed by atoms with E-state index in [1.165, 1.54) is 65.2 Å². The Bertz CT molecular complexity index is 2030. The van der Waals surface area contributed by atoms with Crippen molar-refractivity contribution in [3.8, 4) is 0 Å². The van der Waals surface area contributed by atoms with Gasteiger partial charge in [-0.1, -0.05) is 110 Å². The van der Waals surface area contributed by atoms with E-state index in [-0.39, 0.29) is 47.4 Å². The Hall–Kier alpha value is -2.48. The number of hydrogen-bond acceptors (Lipinski definition) is 19. The summed E-state index contributed by atoms with van der Waals surface area (Å²) in [6, 6.07) is 0. The molecule has 0 bridgehead atoms. The standard InChI is InChI=1S/C38H68N7O18P3S/c1-5-6-7-8-9-10-11-12-13-14-15-16-26(46)25(2)37(51)67-20-19-40-28(47)17-18-41-35(50)32(49)38(3,4)22-60-66(57,58)63-65(55,56)59-21-27-31(62-64(52,53)54)30(48)36(61-27)45-24-44-29-33(39)42-23-43-34(29)45/h23-27,30-32,36,46,48-49H,5-22H2,1-4H3,(H,40,47)(H,41,50)(H,55,56)(H,57,58)(H2,39,42,43)(H2,52,53,54)/t25-,26-,27+,30+,31+,32-,36+/m0/s1. The van der Waals surface area contributed by atoms with Gasteiger partial charge in [-0.15, -0.1) is 0 Å². The predicted octanol–water partition coefficient (Wildman–Crippen LogP) is 3.36. The van der Waals surface area contributed by atoms with E-state index in [1.54, 1.807) is 6.92 Å². The van der Waals surface area contributed by atoms with Crippen molar-refractivity contribution in [2.45, 2.75) is 148 Å². The molecule has 1 saturated heterocycles. The number of anilines is 1. The van der Waals surface area contributed by atoms with Gasteiger partial charge in [-0.25, -0.2) is 28.6 Å². The Labute approximate surface area is 393 Å². The molecule has 0 saturated carbocycles. The fourth-order valence-electron chi connectivity index (χ4n) is 6.84. The monoisotopic (exact) mass is 1040 g/mol. The van der Waals surface area contributed by atoms with Crippen molar-refractivity contribution in [3.63, 3.8) is 0 Å². The van der Waals surface area contributed by atoms with Crippen molar-refractivity contribution >= 4 is 69.1 Å². The lowest BCUT2D eigenvalue weighted by atomic mass is 9.87. The van der Waals surface area contributed by atoms with E-state index >= 15 is 0 Å². The summed E-state index contributed by atoms with van der Waals surface area (Å²) in [4.78, 5) is 88.8. The third-order valence-corrected chi connectivity index (χ3v) is 15.0. The number of unbranched alkanes of at least 4 members (excludes halogenated alkanes) is 10. The number of phosphoric acid groups is 3. The Balaban J connectivity index is 1.35. The van der Waals surface area contributed by atoms with Gasteiger partial charge in [0.05, 0.1) is 31.6 Å². The van der Waals surface area contributed by atoms with Crippen molar-refractivity contribution in [3.05, 3.63) is 12.7 Å². The van der Waals surface area contributed by atoms with Crippen LogP contribution >= 0.6 is 35.2 Å². The van der Waals surface area contributed by atoms with Crippen molar-refractivity contribution in [1.82, 2.24) is 30.2 Å². The summed E-state index contributed by atoms with van der Waals surface area (Å²) in [6.45, 7) is 4.29. The fourth-order valence-corrected chi connectivity index (χ4v) is 10.5. The highest BCUT2D eigenvalue weighted by Crippen LogP contribution is 2.61. The van der Waals surface area contributed by atoms with Crippen molar-refractivity contribution in [2.24, 2.45) is 11.3 Å². The van der Waals surface area contributed by atoms with Gasteiger partial charge in [0.2, 0.25) is 11.8 Å². The number of nitrogens with one attached hydrogen (secondary N) is 2. The van der Waals surface area contributed by atoms with Crippen LogP contribution in [0.2, 0.25) is 0 Å². The third kappa shape index (κ3) is 20.4. The first-order valence-electron chi connectivity index (χ1n) is 22.1. The van der Waals surface area contributed by atoms with Crippen molar-refractivity contribution in [1.29, 1.82) is 0 Å². The molecule has 3 rings (SSSR count). The van der Waals surface area contributed by atoms with Crippen LogP contribution in [0.15, 0.2) is 12.7 Å². The summed E-state index contributed by atoms with van der Waals surface area (Å²) >= 11 is 1.01. The van der Waals surface area contributed by atoms with Gasteiger partial charge < -0.3 is 56.0 Å². The number of imidazole rings is 1. The fraction of sp³-hybridized carbons (Fsp3) is 0.789. The number of hydrogen-bond donors (Lipinski definition) is 10. The van der Waals surface area contributed by atoms with Crippen LogP contribution < -0.4 is 16.4 Å². The lowest BCUT2D eigenvalue weighted by Crippen LogP contribution is -2.46. The quantitative estimate of drug-likeness (QED) is 0.0362. The van der Waals surface area contributed by atoms with Gasteiger partial charge in [-0.2, -0.15) is 4.31 Å². The number of nitrogen functional groups attached to an aromatic ring is 1. The molecular formula is C38H68N7O18P3S. The number of carbonyl (C=O) groups excluding carboxylic acids is 3. The van der Waals surface area contributed by atoms with Gasteiger partial charge in [0.15, 0.2) is 22.8 Å². The minimum atomic E-state index is -5.59. The second-order valence-corrected chi connectivity index (χ2v) is 22.3. The summed E-state index contributed by atoms with van der Waals surface area (Å²) in [5, 5.41) is 36.9. The number of carbonyl (C=O) groups is 3.